The Bertz CT molecular complexity index is 507. The third kappa shape index (κ3) is 4.28. The second-order valence-electron chi connectivity index (χ2n) is 3.39. The molecule has 7 nitrogen and oxygen atoms in total. The van der Waals surface area contributed by atoms with Crippen LogP contribution in [0.3, 0.4) is 0 Å². The van der Waals surface area contributed by atoms with Crippen molar-refractivity contribution >= 4 is 29.0 Å². The lowest BCUT2D eigenvalue weighted by molar-refractivity contribution is 0.308. The summed E-state index contributed by atoms with van der Waals surface area (Å²) < 4.78 is 6.13. The van der Waals surface area contributed by atoms with Crippen LogP contribution in [-0.2, 0) is 0 Å². The lowest BCUT2D eigenvalue weighted by atomic mass is 10.5. The molecule has 19 heavy (non-hydrogen) atoms. The van der Waals surface area contributed by atoms with Crippen molar-refractivity contribution < 1.29 is 4.74 Å². The summed E-state index contributed by atoms with van der Waals surface area (Å²) in [6, 6.07) is 0.322. The van der Waals surface area contributed by atoms with E-state index in [9.17, 15) is 0 Å². The molecule has 2 aromatic rings. The lowest BCUT2D eigenvalue weighted by Gasteiger charge is -2.07. The van der Waals surface area contributed by atoms with Gasteiger partial charge in [-0.05, 0) is 25.1 Å². The van der Waals surface area contributed by atoms with E-state index in [1.807, 2.05) is 6.92 Å². The molecule has 0 radical (unpaired) electrons. The fourth-order valence-electron chi connectivity index (χ4n) is 1.18. The van der Waals surface area contributed by atoms with Gasteiger partial charge in [0.2, 0.25) is 11.1 Å². The highest BCUT2D eigenvalue weighted by atomic mass is 32.2. The van der Waals surface area contributed by atoms with Gasteiger partial charge in [-0.3, -0.25) is 0 Å². The summed E-state index contributed by atoms with van der Waals surface area (Å²) in [5.41, 5.74) is 1.67. The Hall–Kier alpha value is -1.48. The van der Waals surface area contributed by atoms with E-state index in [-0.39, 0.29) is 0 Å². The van der Waals surface area contributed by atoms with Gasteiger partial charge in [0.1, 0.15) is 5.51 Å². The number of anilines is 1. The smallest absolute Gasteiger partial charge is 0.322 e. The number of nitrogens with one attached hydrogen (secondary N) is 1. The molecule has 9 heteroatoms. The summed E-state index contributed by atoms with van der Waals surface area (Å²) in [5.74, 6) is 0.521. The van der Waals surface area contributed by atoms with Crippen LogP contribution in [0.1, 0.15) is 20.3 Å². The van der Waals surface area contributed by atoms with Crippen molar-refractivity contribution in [1.29, 1.82) is 0 Å². The minimum atomic E-state index is 0.322. The summed E-state index contributed by atoms with van der Waals surface area (Å²) in [7, 11) is 0. The molecule has 0 spiro atoms. The molecule has 0 atom stereocenters. The van der Waals surface area contributed by atoms with Gasteiger partial charge in [-0.25, -0.2) is 0 Å². The average molecular weight is 298 g/mol. The summed E-state index contributed by atoms with van der Waals surface area (Å²) in [5, 5.41) is 11.4. The fourth-order valence-corrected chi connectivity index (χ4v) is 2.50. The van der Waals surface area contributed by atoms with Gasteiger partial charge in [0.15, 0.2) is 4.34 Å². The zero-order valence-corrected chi connectivity index (χ0v) is 12.3. The largest absolute Gasteiger partial charge is 0.464 e. The first-order chi connectivity index (χ1) is 9.31. The number of hydrogen-bond donors (Lipinski definition) is 1. The Morgan fingerprint density at radius 1 is 1.32 bits per heavy atom. The van der Waals surface area contributed by atoms with Crippen molar-refractivity contribution in [3.8, 4) is 6.01 Å². The van der Waals surface area contributed by atoms with Gasteiger partial charge < -0.3 is 10.1 Å². The summed E-state index contributed by atoms with van der Waals surface area (Å²) >= 11 is 2.78. The molecule has 0 unspecified atom stereocenters. The standard InChI is InChI=1S/C10H14N6OS2/c1-3-5-11-7-13-8(17-4-2)15-9(14-7)19-10-16-12-6-18-10/h6H,3-5H2,1-2H3,(H,11,13,14,15). The third-order valence-electron chi connectivity index (χ3n) is 1.92. The van der Waals surface area contributed by atoms with Crippen LogP contribution in [-0.4, -0.2) is 38.3 Å². The van der Waals surface area contributed by atoms with E-state index in [0.717, 1.165) is 17.3 Å². The van der Waals surface area contributed by atoms with Gasteiger partial charge in [0.25, 0.3) is 0 Å². The molecule has 1 N–H and O–H groups in total. The topological polar surface area (TPSA) is 85.7 Å². The average Bonchev–Trinajstić information content (AvgIpc) is 2.89. The number of rotatable bonds is 7. The van der Waals surface area contributed by atoms with Crippen molar-refractivity contribution in [2.45, 2.75) is 29.8 Å². The van der Waals surface area contributed by atoms with Gasteiger partial charge >= 0.3 is 6.01 Å². The Morgan fingerprint density at radius 3 is 2.89 bits per heavy atom. The van der Waals surface area contributed by atoms with E-state index in [4.69, 9.17) is 4.74 Å². The van der Waals surface area contributed by atoms with Crippen molar-refractivity contribution in [3.05, 3.63) is 5.51 Å². The molecular formula is C10H14N6OS2. The van der Waals surface area contributed by atoms with Crippen molar-refractivity contribution in [2.75, 3.05) is 18.5 Å². The number of ether oxygens (including phenoxy) is 1. The molecule has 0 bridgehead atoms. The highest BCUT2D eigenvalue weighted by molar-refractivity contribution is 8.00. The monoisotopic (exact) mass is 298 g/mol. The second kappa shape index (κ2) is 7.19. The van der Waals surface area contributed by atoms with Crippen LogP contribution in [0.5, 0.6) is 6.01 Å². The lowest BCUT2D eigenvalue weighted by Crippen LogP contribution is -2.08. The van der Waals surface area contributed by atoms with Crippen LogP contribution in [0.25, 0.3) is 0 Å². The molecule has 102 valence electrons. The van der Waals surface area contributed by atoms with Gasteiger partial charge in [-0.15, -0.1) is 10.2 Å². The molecule has 0 saturated carbocycles. The van der Waals surface area contributed by atoms with Crippen LogP contribution in [0.15, 0.2) is 15.0 Å². The fraction of sp³-hybridized carbons (Fsp3) is 0.500. The molecule has 0 aromatic carbocycles. The molecule has 0 aliphatic heterocycles. The highest BCUT2D eigenvalue weighted by Crippen LogP contribution is 2.27. The number of aromatic nitrogens is 5. The number of nitrogens with zero attached hydrogens (tertiary/aromatic N) is 5. The van der Waals surface area contributed by atoms with Crippen LogP contribution in [0.4, 0.5) is 5.95 Å². The molecule has 0 fully saturated rings. The zero-order valence-electron chi connectivity index (χ0n) is 10.7. The maximum Gasteiger partial charge on any atom is 0.322 e. The predicted molar refractivity (Wildman–Crippen MR) is 73.8 cm³/mol. The molecule has 0 aliphatic rings. The van der Waals surface area contributed by atoms with Crippen LogP contribution in [0, 0.1) is 0 Å². The first kappa shape index (κ1) is 13.9. The Morgan fingerprint density at radius 2 is 2.21 bits per heavy atom. The molecule has 2 heterocycles. The molecule has 2 rings (SSSR count). The Balaban J connectivity index is 2.17. The predicted octanol–water partition coefficient (Wildman–Crippen LogP) is 2.09. The summed E-state index contributed by atoms with van der Waals surface area (Å²) in [6.45, 7) is 5.29. The van der Waals surface area contributed by atoms with Crippen molar-refractivity contribution in [1.82, 2.24) is 25.1 Å². The van der Waals surface area contributed by atoms with E-state index in [0.29, 0.717) is 23.7 Å². The van der Waals surface area contributed by atoms with E-state index < -0.39 is 0 Å². The third-order valence-corrected chi connectivity index (χ3v) is 3.56. The van der Waals surface area contributed by atoms with Crippen LogP contribution >= 0.6 is 23.1 Å². The normalized spacial score (nSPS) is 10.4. The van der Waals surface area contributed by atoms with Crippen LogP contribution < -0.4 is 10.1 Å². The quantitative estimate of drug-likeness (QED) is 0.831. The van der Waals surface area contributed by atoms with E-state index in [1.165, 1.54) is 23.1 Å². The molecule has 0 aliphatic carbocycles. The second-order valence-corrected chi connectivity index (χ2v) is 5.44. The summed E-state index contributed by atoms with van der Waals surface area (Å²) in [6.07, 6.45) is 0.995. The maximum absolute atomic E-state index is 5.34. The molecule has 2 aromatic heterocycles. The van der Waals surface area contributed by atoms with Crippen LogP contribution in [0.2, 0.25) is 0 Å². The Labute approximate surface area is 119 Å². The minimum Gasteiger partial charge on any atom is -0.464 e. The van der Waals surface area contributed by atoms with Gasteiger partial charge in [0, 0.05) is 6.54 Å². The van der Waals surface area contributed by atoms with Gasteiger partial charge in [0.05, 0.1) is 6.61 Å². The SMILES string of the molecule is CCCNc1nc(OCC)nc(Sc2nncs2)n1. The molecule has 0 saturated heterocycles. The molecular weight excluding hydrogens is 284 g/mol. The minimum absolute atomic E-state index is 0.322. The van der Waals surface area contributed by atoms with Gasteiger partial charge in [-0.1, -0.05) is 18.3 Å². The summed E-state index contributed by atoms with van der Waals surface area (Å²) in [4.78, 5) is 12.7. The van der Waals surface area contributed by atoms with E-state index in [1.54, 1.807) is 5.51 Å². The number of hydrogen-bond acceptors (Lipinski definition) is 9. The van der Waals surface area contributed by atoms with Gasteiger partial charge in [-0.2, -0.15) is 15.0 Å². The van der Waals surface area contributed by atoms with E-state index >= 15 is 0 Å². The Kier molecular flexibility index (Phi) is 5.28. The first-order valence-corrected chi connectivity index (χ1v) is 7.58. The first-order valence-electron chi connectivity index (χ1n) is 5.88. The highest BCUT2D eigenvalue weighted by Gasteiger charge is 2.10. The van der Waals surface area contributed by atoms with E-state index in [2.05, 4.69) is 37.4 Å². The molecule has 0 amide bonds. The van der Waals surface area contributed by atoms with Crippen molar-refractivity contribution in [2.24, 2.45) is 0 Å². The van der Waals surface area contributed by atoms with Crippen molar-refractivity contribution in [3.63, 3.8) is 0 Å². The zero-order chi connectivity index (χ0) is 13.5. The maximum atomic E-state index is 5.34.